The van der Waals surface area contributed by atoms with E-state index in [0.717, 1.165) is 22.0 Å². The van der Waals surface area contributed by atoms with E-state index in [1.165, 1.54) is 6.08 Å². The number of para-hydroxylation sites is 1. The summed E-state index contributed by atoms with van der Waals surface area (Å²) in [4.78, 5) is 27.3. The lowest BCUT2D eigenvalue weighted by molar-refractivity contribution is -0.123. The largest absolute Gasteiger partial charge is 0.320 e. The number of benzene rings is 1. The van der Waals surface area contributed by atoms with Gasteiger partial charge < -0.3 is 4.57 Å². The molecule has 3 heterocycles. The maximum atomic E-state index is 11.8. The monoisotopic (exact) mass is 263 g/mol. The molecule has 96 valence electrons. The van der Waals surface area contributed by atoms with Crippen molar-refractivity contribution in [3.63, 3.8) is 0 Å². The number of carbonyl (C=O) groups is 2. The molecule has 0 atom stereocenters. The summed E-state index contributed by atoms with van der Waals surface area (Å²) in [7, 11) is 0. The minimum Gasteiger partial charge on any atom is -0.320 e. The smallest absolute Gasteiger partial charge is 0.258 e. The van der Waals surface area contributed by atoms with Crippen LogP contribution >= 0.6 is 0 Å². The first-order valence-electron chi connectivity index (χ1n) is 6.15. The summed E-state index contributed by atoms with van der Waals surface area (Å²) in [6.07, 6.45) is 8.49. The number of carbonyl (C=O) groups excluding carboxylic acids is 2. The predicted octanol–water partition coefficient (Wildman–Crippen LogP) is 1.54. The summed E-state index contributed by atoms with van der Waals surface area (Å²) in [5.41, 5.74) is 3.11. The van der Waals surface area contributed by atoms with Crippen LogP contribution in [0.15, 0.2) is 41.7 Å². The third-order valence-corrected chi connectivity index (χ3v) is 3.46. The van der Waals surface area contributed by atoms with E-state index in [1.807, 2.05) is 35.2 Å². The van der Waals surface area contributed by atoms with Crippen molar-refractivity contribution >= 4 is 40.7 Å². The molecular weight excluding hydrogens is 254 g/mol. The van der Waals surface area contributed by atoms with Gasteiger partial charge in [0, 0.05) is 47.4 Å². The van der Waals surface area contributed by atoms with Crippen LogP contribution in [0.3, 0.4) is 0 Å². The van der Waals surface area contributed by atoms with E-state index in [-0.39, 0.29) is 11.8 Å². The van der Waals surface area contributed by atoms with Crippen molar-refractivity contribution in [2.75, 3.05) is 0 Å². The summed E-state index contributed by atoms with van der Waals surface area (Å²) in [6.45, 7) is 0. The number of hydrogen-bond donors (Lipinski definition) is 1. The highest BCUT2D eigenvalue weighted by Crippen LogP contribution is 2.31. The second kappa shape index (κ2) is 3.77. The number of imide groups is 1. The summed E-state index contributed by atoms with van der Waals surface area (Å²) in [5.74, 6) is -0.722. The third kappa shape index (κ3) is 1.40. The fourth-order valence-corrected chi connectivity index (χ4v) is 2.62. The Morgan fingerprint density at radius 2 is 2.10 bits per heavy atom. The highest BCUT2D eigenvalue weighted by atomic mass is 16.2. The molecule has 0 bridgehead atoms. The number of hydrogen-bond acceptors (Lipinski definition) is 3. The van der Waals surface area contributed by atoms with E-state index in [9.17, 15) is 9.59 Å². The normalized spacial score (nSPS) is 16.5. The zero-order valence-electron chi connectivity index (χ0n) is 10.3. The third-order valence-electron chi connectivity index (χ3n) is 3.46. The van der Waals surface area contributed by atoms with E-state index in [0.29, 0.717) is 5.57 Å². The number of nitrogens with one attached hydrogen (secondary N) is 1. The summed E-state index contributed by atoms with van der Waals surface area (Å²) < 4.78 is 1.92. The van der Waals surface area contributed by atoms with Crippen molar-refractivity contribution in [1.29, 1.82) is 0 Å². The molecule has 4 rings (SSSR count). The van der Waals surface area contributed by atoms with Crippen LogP contribution in [0, 0.1) is 0 Å². The lowest BCUT2D eigenvalue weighted by Gasteiger charge is -2.00. The molecule has 0 aliphatic carbocycles. The van der Waals surface area contributed by atoms with Crippen molar-refractivity contribution < 1.29 is 9.59 Å². The van der Waals surface area contributed by atoms with E-state index in [4.69, 9.17) is 0 Å². The van der Waals surface area contributed by atoms with Crippen LogP contribution in [0.5, 0.6) is 0 Å². The zero-order valence-corrected chi connectivity index (χ0v) is 10.3. The van der Waals surface area contributed by atoms with Crippen LogP contribution < -0.4 is 5.32 Å². The van der Waals surface area contributed by atoms with Gasteiger partial charge in [0.2, 0.25) is 0 Å². The van der Waals surface area contributed by atoms with Gasteiger partial charge in [0.05, 0.1) is 11.1 Å². The Hall–Kier alpha value is -2.95. The van der Waals surface area contributed by atoms with Crippen molar-refractivity contribution in [3.05, 3.63) is 47.8 Å². The number of nitrogens with zero attached hydrogens (tertiary/aromatic N) is 2. The zero-order chi connectivity index (χ0) is 13.7. The Labute approximate surface area is 113 Å². The lowest BCUT2D eigenvalue weighted by Crippen LogP contribution is -2.21. The molecule has 1 aromatic heterocycles. The standard InChI is InChI=1S/C15H9N3O2/c19-13-6-11(15(20)17-13)12-8-18-5-4-16-7-9-2-1-3-10(12)14(9)18/h1-8H,(H,17,19,20). The minimum absolute atomic E-state index is 0.353. The molecule has 2 aliphatic rings. The Bertz CT molecular complexity index is 869. The maximum Gasteiger partial charge on any atom is 0.258 e. The molecule has 0 fully saturated rings. The van der Waals surface area contributed by atoms with E-state index >= 15 is 0 Å². The van der Waals surface area contributed by atoms with Gasteiger partial charge in [-0.2, -0.15) is 0 Å². The molecule has 2 amide bonds. The Balaban J connectivity index is 2.07. The Kier molecular flexibility index (Phi) is 2.06. The number of aliphatic imine (C=N–C) groups is 1. The van der Waals surface area contributed by atoms with Gasteiger partial charge in [-0.3, -0.25) is 19.9 Å². The lowest BCUT2D eigenvalue weighted by atomic mass is 10.0. The molecule has 0 saturated heterocycles. The van der Waals surface area contributed by atoms with Crippen molar-refractivity contribution in [2.24, 2.45) is 4.99 Å². The van der Waals surface area contributed by atoms with Crippen LogP contribution in [0.1, 0.15) is 11.1 Å². The molecule has 0 radical (unpaired) electrons. The molecule has 0 unspecified atom stereocenters. The quantitative estimate of drug-likeness (QED) is 0.793. The minimum atomic E-state index is -0.369. The van der Waals surface area contributed by atoms with Crippen LogP contribution in [-0.2, 0) is 9.59 Å². The van der Waals surface area contributed by atoms with Gasteiger partial charge in [0.25, 0.3) is 11.8 Å². The fourth-order valence-electron chi connectivity index (χ4n) is 2.62. The first-order valence-corrected chi connectivity index (χ1v) is 6.15. The second-order valence-electron chi connectivity index (χ2n) is 4.65. The second-order valence-corrected chi connectivity index (χ2v) is 4.65. The molecular formula is C15H9N3O2. The molecule has 0 spiro atoms. The maximum absolute atomic E-state index is 11.8. The average molecular weight is 263 g/mol. The van der Waals surface area contributed by atoms with Gasteiger partial charge in [-0.1, -0.05) is 18.2 Å². The van der Waals surface area contributed by atoms with Crippen molar-refractivity contribution in [1.82, 2.24) is 9.88 Å². The van der Waals surface area contributed by atoms with Gasteiger partial charge in [0.15, 0.2) is 0 Å². The Morgan fingerprint density at radius 1 is 1.20 bits per heavy atom. The first kappa shape index (κ1) is 10.9. The number of aromatic nitrogens is 1. The van der Waals surface area contributed by atoms with Gasteiger partial charge in [-0.05, 0) is 0 Å². The highest BCUT2D eigenvalue weighted by molar-refractivity contribution is 6.35. The van der Waals surface area contributed by atoms with Crippen LogP contribution in [0.2, 0.25) is 0 Å². The topological polar surface area (TPSA) is 63.5 Å². The van der Waals surface area contributed by atoms with Gasteiger partial charge in [-0.15, -0.1) is 0 Å². The van der Waals surface area contributed by atoms with E-state index in [1.54, 1.807) is 12.4 Å². The molecule has 20 heavy (non-hydrogen) atoms. The van der Waals surface area contributed by atoms with Crippen molar-refractivity contribution in [2.45, 2.75) is 0 Å². The molecule has 1 aromatic carbocycles. The predicted molar refractivity (Wildman–Crippen MR) is 76.0 cm³/mol. The molecule has 2 aliphatic heterocycles. The molecule has 5 heteroatoms. The summed E-state index contributed by atoms with van der Waals surface area (Å²) in [6, 6.07) is 5.82. The summed E-state index contributed by atoms with van der Waals surface area (Å²) >= 11 is 0. The molecule has 1 N–H and O–H groups in total. The summed E-state index contributed by atoms with van der Waals surface area (Å²) in [5, 5.41) is 3.20. The van der Waals surface area contributed by atoms with Crippen LogP contribution in [0.25, 0.3) is 22.7 Å². The molecule has 5 nitrogen and oxygen atoms in total. The van der Waals surface area contributed by atoms with E-state index < -0.39 is 0 Å². The van der Waals surface area contributed by atoms with Gasteiger partial charge in [-0.25, -0.2) is 0 Å². The Morgan fingerprint density at radius 3 is 2.90 bits per heavy atom. The van der Waals surface area contributed by atoms with Gasteiger partial charge in [0.1, 0.15) is 0 Å². The van der Waals surface area contributed by atoms with E-state index in [2.05, 4.69) is 10.3 Å². The molecule has 0 saturated carbocycles. The van der Waals surface area contributed by atoms with Crippen LogP contribution in [-0.4, -0.2) is 22.6 Å². The number of rotatable bonds is 1. The number of amides is 2. The average Bonchev–Trinajstić information content (AvgIpc) is 2.87. The van der Waals surface area contributed by atoms with Crippen LogP contribution in [0.4, 0.5) is 0 Å². The van der Waals surface area contributed by atoms with Crippen molar-refractivity contribution in [3.8, 4) is 0 Å². The fraction of sp³-hybridized carbons (Fsp3) is 0. The highest BCUT2D eigenvalue weighted by Gasteiger charge is 2.25. The first-order chi connectivity index (χ1) is 9.74. The SMILES string of the molecule is O=C1C=C(c2cn3c4c(cccc24)C=NC=C3)C(=O)N1. The molecule has 2 aromatic rings. The van der Waals surface area contributed by atoms with Gasteiger partial charge >= 0.3 is 0 Å².